The van der Waals surface area contributed by atoms with Crippen molar-refractivity contribution in [2.45, 2.75) is 19.1 Å². The summed E-state index contributed by atoms with van der Waals surface area (Å²) in [6, 6.07) is 8.03. The van der Waals surface area contributed by atoms with Gasteiger partial charge in [-0.3, -0.25) is 0 Å². The minimum atomic E-state index is -0.546. The second-order valence-electron chi connectivity index (χ2n) is 4.83. The third-order valence-corrected chi connectivity index (χ3v) is 4.37. The van der Waals surface area contributed by atoms with Gasteiger partial charge >= 0.3 is 5.97 Å². The van der Waals surface area contributed by atoms with Crippen molar-refractivity contribution in [2.75, 3.05) is 25.1 Å². The molecular formula is C14H16N2O3S. The molecular weight excluding hydrogens is 276 g/mol. The van der Waals surface area contributed by atoms with Crippen LogP contribution in [0.3, 0.4) is 0 Å². The van der Waals surface area contributed by atoms with Crippen LogP contribution in [0, 0.1) is 0 Å². The number of hydrogen-bond acceptors (Lipinski definition) is 6. The molecule has 3 rings (SSSR count). The summed E-state index contributed by atoms with van der Waals surface area (Å²) in [5.74, 6) is -0.331. The molecule has 1 aromatic carbocycles. The lowest BCUT2D eigenvalue weighted by atomic mass is 10.2. The molecule has 0 bridgehead atoms. The van der Waals surface area contributed by atoms with E-state index in [1.54, 1.807) is 11.3 Å². The lowest BCUT2D eigenvalue weighted by molar-refractivity contribution is -0.158. The van der Waals surface area contributed by atoms with E-state index in [4.69, 9.17) is 9.47 Å². The van der Waals surface area contributed by atoms with Crippen molar-refractivity contribution in [1.82, 2.24) is 4.98 Å². The first-order valence-electron chi connectivity index (χ1n) is 6.51. The summed E-state index contributed by atoms with van der Waals surface area (Å²) >= 11 is 1.63. The molecule has 0 radical (unpaired) electrons. The fourth-order valence-corrected chi connectivity index (χ4v) is 3.35. The van der Waals surface area contributed by atoms with Gasteiger partial charge in [0.05, 0.1) is 30.0 Å². The van der Waals surface area contributed by atoms with E-state index in [0.717, 1.165) is 21.9 Å². The monoisotopic (exact) mass is 292 g/mol. The number of morpholine rings is 1. The number of carbonyl (C=O) groups is 1. The van der Waals surface area contributed by atoms with Gasteiger partial charge in [-0.25, -0.2) is 9.78 Å². The van der Waals surface area contributed by atoms with E-state index in [9.17, 15) is 4.79 Å². The molecule has 1 saturated heterocycles. The van der Waals surface area contributed by atoms with E-state index in [2.05, 4.69) is 16.0 Å². The minimum absolute atomic E-state index is 0.0279. The van der Waals surface area contributed by atoms with Crippen molar-refractivity contribution >= 4 is 32.7 Å². The Labute approximate surface area is 121 Å². The van der Waals surface area contributed by atoms with E-state index in [0.29, 0.717) is 6.54 Å². The second kappa shape index (κ2) is 5.38. The van der Waals surface area contributed by atoms with Crippen molar-refractivity contribution < 1.29 is 14.3 Å². The maximum absolute atomic E-state index is 11.7. The molecule has 1 fully saturated rings. The molecule has 0 aliphatic carbocycles. The summed E-state index contributed by atoms with van der Waals surface area (Å²) in [5, 5.41) is 0.926. The molecule has 2 heterocycles. The first kappa shape index (κ1) is 13.3. The van der Waals surface area contributed by atoms with Crippen LogP contribution in [0.1, 0.15) is 6.92 Å². The molecule has 0 amide bonds. The molecule has 2 aromatic rings. The summed E-state index contributed by atoms with van der Waals surface area (Å²) < 4.78 is 11.5. The van der Waals surface area contributed by atoms with E-state index < -0.39 is 6.10 Å². The van der Waals surface area contributed by atoms with Gasteiger partial charge in [0.25, 0.3) is 0 Å². The van der Waals surface area contributed by atoms with Gasteiger partial charge in [-0.15, -0.1) is 0 Å². The van der Waals surface area contributed by atoms with Gasteiger partial charge in [0, 0.05) is 6.54 Å². The van der Waals surface area contributed by atoms with Crippen LogP contribution in [0.25, 0.3) is 10.2 Å². The number of carbonyl (C=O) groups excluding carboxylic acids is 1. The van der Waals surface area contributed by atoms with E-state index in [1.165, 1.54) is 7.11 Å². The highest BCUT2D eigenvalue weighted by Crippen LogP contribution is 2.30. The molecule has 6 heteroatoms. The highest BCUT2D eigenvalue weighted by molar-refractivity contribution is 7.22. The van der Waals surface area contributed by atoms with E-state index >= 15 is 0 Å². The Kier molecular flexibility index (Phi) is 3.58. The number of methoxy groups -OCH3 is 1. The summed E-state index contributed by atoms with van der Waals surface area (Å²) in [5.41, 5.74) is 0.987. The maximum atomic E-state index is 11.7. The van der Waals surface area contributed by atoms with Crippen molar-refractivity contribution in [3.8, 4) is 0 Å². The summed E-state index contributed by atoms with van der Waals surface area (Å²) in [6.07, 6.45) is -0.573. The molecule has 106 valence electrons. The molecule has 0 N–H and O–H groups in total. The van der Waals surface area contributed by atoms with Crippen LogP contribution in [-0.2, 0) is 14.3 Å². The van der Waals surface area contributed by atoms with Crippen LogP contribution < -0.4 is 4.90 Å². The van der Waals surface area contributed by atoms with Crippen molar-refractivity contribution in [2.24, 2.45) is 0 Å². The zero-order valence-corrected chi connectivity index (χ0v) is 12.2. The number of thiazole rings is 1. The minimum Gasteiger partial charge on any atom is -0.467 e. The SMILES string of the molecule is COC(=O)[C@@H]1CN(c2nc3ccccc3s2)C[C@@H](C)O1. The van der Waals surface area contributed by atoms with Gasteiger partial charge in [0.1, 0.15) is 0 Å². The van der Waals surface area contributed by atoms with Gasteiger partial charge < -0.3 is 14.4 Å². The van der Waals surface area contributed by atoms with Crippen LogP contribution in [0.2, 0.25) is 0 Å². The number of benzene rings is 1. The number of esters is 1. The molecule has 1 aromatic heterocycles. The van der Waals surface area contributed by atoms with Crippen molar-refractivity contribution in [3.05, 3.63) is 24.3 Å². The third-order valence-electron chi connectivity index (χ3n) is 3.28. The molecule has 0 saturated carbocycles. The Bertz CT molecular complexity index is 595. The zero-order chi connectivity index (χ0) is 14.1. The number of anilines is 1. The Balaban J connectivity index is 1.86. The van der Waals surface area contributed by atoms with Gasteiger partial charge in [-0.05, 0) is 19.1 Å². The predicted molar refractivity (Wildman–Crippen MR) is 78.2 cm³/mol. The van der Waals surface area contributed by atoms with Crippen molar-refractivity contribution in [1.29, 1.82) is 0 Å². The number of para-hydroxylation sites is 1. The maximum Gasteiger partial charge on any atom is 0.336 e. The predicted octanol–water partition coefficient (Wildman–Crippen LogP) is 2.06. The van der Waals surface area contributed by atoms with Crippen LogP contribution in [0.4, 0.5) is 5.13 Å². The number of ether oxygens (including phenoxy) is 2. The standard InChI is InChI=1S/C14H16N2O3S/c1-9-7-16(8-11(19-9)13(17)18-2)14-15-10-5-3-4-6-12(10)20-14/h3-6,9,11H,7-8H2,1-2H3/t9-,11+/m1/s1. The number of aromatic nitrogens is 1. The number of fused-ring (bicyclic) bond motifs is 1. The van der Waals surface area contributed by atoms with Gasteiger partial charge in [0.15, 0.2) is 11.2 Å². The van der Waals surface area contributed by atoms with Crippen LogP contribution in [0.15, 0.2) is 24.3 Å². The van der Waals surface area contributed by atoms with Crippen LogP contribution >= 0.6 is 11.3 Å². The Morgan fingerprint density at radius 3 is 3.00 bits per heavy atom. The second-order valence-corrected chi connectivity index (χ2v) is 5.84. The smallest absolute Gasteiger partial charge is 0.336 e. The normalized spacial score (nSPS) is 23.0. The average molecular weight is 292 g/mol. The molecule has 1 aliphatic heterocycles. The van der Waals surface area contributed by atoms with Gasteiger partial charge in [-0.2, -0.15) is 0 Å². The Hall–Kier alpha value is -1.66. The molecule has 0 unspecified atom stereocenters. The quantitative estimate of drug-likeness (QED) is 0.793. The highest BCUT2D eigenvalue weighted by atomic mass is 32.1. The molecule has 2 atom stereocenters. The largest absolute Gasteiger partial charge is 0.467 e. The molecule has 20 heavy (non-hydrogen) atoms. The lowest BCUT2D eigenvalue weighted by Crippen LogP contribution is -2.50. The third kappa shape index (κ3) is 2.48. The number of hydrogen-bond donors (Lipinski definition) is 0. The van der Waals surface area contributed by atoms with Gasteiger partial charge in [0.2, 0.25) is 0 Å². The topological polar surface area (TPSA) is 51.7 Å². The van der Waals surface area contributed by atoms with Crippen LogP contribution in [0.5, 0.6) is 0 Å². The molecule has 0 spiro atoms. The van der Waals surface area contributed by atoms with E-state index in [1.807, 2.05) is 25.1 Å². The lowest BCUT2D eigenvalue weighted by Gasteiger charge is -2.35. The van der Waals surface area contributed by atoms with E-state index in [-0.39, 0.29) is 12.1 Å². The fraction of sp³-hybridized carbons (Fsp3) is 0.429. The Morgan fingerprint density at radius 1 is 1.45 bits per heavy atom. The number of rotatable bonds is 2. The summed E-state index contributed by atoms with van der Waals surface area (Å²) in [7, 11) is 1.38. The number of nitrogens with zero attached hydrogens (tertiary/aromatic N) is 2. The van der Waals surface area contributed by atoms with Crippen molar-refractivity contribution in [3.63, 3.8) is 0 Å². The first-order valence-corrected chi connectivity index (χ1v) is 7.33. The van der Waals surface area contributed by atoms with Crippen LogP contribution in [-0.4, -0.2) is 43.4 Å². The molecule has 1 aliphatic rings. The first-order chi connectivity index (χ1) is 9.67. The highest BCUT2D eigenvalue weighted by Gasteiger charge is 2.32. The zero-order valence-electron chi connectivity index (χ0n) is 11.4. The average Bonchev–Trinajstić information content (AvgIpc) is 2.89. The Morgan fingerprint density at radius 2 is 2.25 bits per heavy atom. The molecule has 5 nitrogen and oxygen atoms in total. The summed E-state index contributed by atoms with van der Waals surface area (Å²) in [4.78, 5) is 18.4. The summed E-state index contributed by atoms with van der Waals surface area (Å²) in [6.45, 7) is 3.17. The fourth-order valence-electron chi connectivity index (χ4n) is 2.36. The van der Waals surface area contributed by atoms with Gasteiger partial charge in [-0.1, -0.05) is 23.5 Å².